The molecule has 0 bridgehead atoms. The number of carbonyl (C=O) groups excluding carboxylic acids is 2. The molecule has 2 aliphatic heterocycles. The number of hydrogen-bond donors (Lipinski definition) is 1. The van der Waals surface area contributed by atoms with Gasteiger partial charge in [0.2, 0.25) is 0 Å². The van der Waals surface area contributed by atoms with Crippen molar-refractivity contribution in [2.75, 3.05) is 13.2 Å². The minimum Gasteiger partial charge on any atom is -0.323 e. The van der Waals surface area contributed by atoms with Gasteiger partial charge in [0.05, 0.1) is 6.67 Å². The molecule has 3 heterocycles. The number of amides is 3. The highest BCUT2D eigenvalue weighted by Gasteiger charge is 2.55. The monoisotopic (exact) mass is 347 g/mol. The van der Waals surface area contributed by atoms with Gasteiger partial charge in [0.15, 0.2) is 0 Å². The molecule has 1 saturated carbocycles. The summed E-state index contributed by atoms with van der Waals surface area (Å²) in [6.45, 7) is 3.47. The number of imide groups is 1. The highest BCUT2D eigenvalue weighted by Crippen LogP contribution is 2.40. The molecule has 0 unspecified atom stereocenters. The van der Waals surface area contributed by atoms with Crippen molar-refractivity contribution < 1.29 is 9.59 Å². The van der Waals surface area contributed by atoms with E-state index in [2.05, 4.69) is 34.7 Å². The van der Waals surface area contributed by atoms with E-state index in [0.29, 0.717) is 12.7 Å². The van der Waals surface area contributed by atoms with Gasteiger partial charge in [0.1, 0.15) is 5.54 Å². The summed E-state index contributed by atoms with van der Waals surface area (Å²) in [5.41, 5.74) is -0.645. The van der Waals surface area contributed by atoms with E-state index in [1.54, 1.807) is 11.3 Å². The molecule has 2 saturated heterocycles. The molecule has 130 valence electrons. The summed E-state index contributed by atoms with van der Waals surface area (Å²) in [6.07, 6.45) is 6.19. The quantitative estimate of drug-likeness (QED) is 0.853. The highest BCUT2D eigenvalue weighted by atomic mass is 32.1. The normalized spacial score (nSPS) is 34.3. The zero-order valence-corrected chi connectivity index (χ0v) is 15.0. The number of carbonyl (C=O) groups is 2. The molecule has 1 N–H and O–H groups in total. The number of hydrogen-bond acceptors (Lipinski definition) is 4. The second-order valence-electron chi connectivity index (χ2n) is 7.41. The Morgan fingerprint density at radius 3 is 2.92 bits per heavy atom. The highest BCUT2D eigenvalue weighted by molar-refractivity contribution is 7.10. The predicted molar refractivity (Wildman–Crippen MR) is 93.6 cm³/mol. The summed E-state index contributed by atoms with van der Waals surface area (Å²) in [5, 5.41) is 5.15. The van der Waals surface area contributed by atoms with Crippen molar-refractivity contribution in [3.8, 4) is 0 Å². The molecule has 1 spiro atoms. The van der Waals surface area contributed by atoms with E-state index in [1.165, 1.54) is 9.78 Å². The SMILES string of the molecule is C[C@@H]1CCCC[C@]12NC(=O)N(CN1CCC[C@H]1c1cccs1)C2=O. The number of rotatable bonds is 3. The van der Waals surface area contributed by atoms with Crippen LogP contribution in [0.5, 0.6) is 0 Å². The van der Waals surface area contributed by atoms with Crippen LogP contribution in [0.25, 0.3) is 0 Å². The maximum absolute atomic E-state index is 13.1. The van der Waals surface area contributed by atoms with Gasteiger partial charge in [-0.25, -0.2) is 9.69 Å². The Kier molecular flexibility index (Phi) is 4.12. The summed E-state index contributed by atoms with van der Waals surface area (Å²) in [4.78, 5) is 30.7. The van der Waals surface area contributed by atoms with Crippen LogP contribution < -0.4 is 5.32 Å². The molecule has 1 aromatic heterocycles. The fraction of sp³-hybridized carbons (Fsp3) is 0.667. The fourth-order valence-corrected chi connectivity index (χ4v) is 5.50. The maximum Gasteiger partial charge on any atom is 0.326 e. The number of likely N-dealkylation sites (tertiary alicyclic amines) is 1. The van der Waals surface area contributed by atoms with Gasteiger partial charge in [-0.15, -0.1) is 11.3 Å². The average Bonchev–Trinajstić information content (AvgIpc) is 3.28. The van der Waals surface area contributed by atoms with E-state index in [0.717, 1.165) is 45.1 Å². The first-order valence-electron chi connectivity index (χ1n) is 9.03. The lowest BCUT2D eigenvalue weighted by molar-refractivity contribution is -0.135. The van der Waals surface area contributed by atoms with Crippen LogP contribution in [0.3, 0.4) is 0 Å². The van der Waals surface area contributed by atoms with Crippen molar-refractivity contribution in [1.82, 2.24) is 15.1 Å². The van der Waals surface area contributed by atoms with Gasteiger partial charge in [-0.2, -0.15) is 0 Å². The number of nitrogens with zero attached hydrogens (tertiary/aromatic N) is 2. The largest absolute Gasteiger partial charge is 0.326 e. The van der Waals surface area contributed by atoms with E-state index in [9.17, 15) is 9.59 Å². The Morgan fingerprint density at radius 2 is 2.17 bits per heavy atom. The van der Waals surface area contributed by atoms with E-state index >= 15 is 0 Å². The predicted octanol–water partition coefficient (Wildman–Crippen LogP) is 3.34. The summed E-state index contributed by atoms with van der Waals surface area (Å²) < 4.78 is 0. The minimum absolute atomic E-state index is 0.00321. The van der Waals surface area contributed by atoms with Crippen molar-refractivity contribution in [2.45, 2.75) is 57.0 Å². The fourth-order valence-electron chi connectivity index (χ4n) is 4.60. The lowest BCUT2D eigenvalue weighted by Gasteiger charge is -2.37. The molecule has 0 aromatic carbocycles. The molecule has 0 radical (unpaired) electrons. The van der Waals surface area contributed by atoms with Gasteiger partial charge in [-0.1, -0.05) is 25.8 Å². The Bertz CT molecular complexity index is 632. The van der Waals surface area contributed by atoms with Crippen LogP contribution in [0.4, 0.5) is 4.79 Å². The van der Waals surface area contributed by atoms with Crippen molar-refractivity contribution in [3.05, 3.63) is 22.4 Å². The number of thiophene rings is 1. The van der Waals surface area contributed by atoms with Crippen LogP contribution in [-0.2, 0) is 4.79 Å². The molecule has 24 heavy (non-hydrogen) atoms. The molecule has 4 rings (SSSR count). The molecule has 3 amide bonds. The van der Waals surface area contributed by atoms with Crippen LogP contribution in [0.2, 0.25) is 0 Å². The topological polar surface area (TPSA) is 52.7 Å². The first-order valence-corrected chi connectivity index (χ1v) is 9.91. The zero-order chi connectivity index (χ0) is 16.7. The van der Waals surface area contributed by atoms with Gasteiger partial charge in [-0.05, 0) is 43.0 Å². The second-order valence-corrected chi connectivity index (χ2v) is 8.39. The molecule has 3 aliphatic rings. The van der Waals surface area contributed by atoms with Crippen molar-refractivity contribution in [2.24, 2.45) is 5.92 Å². The number of nitrogens with one attached hydrogen (secondary N) is 1. The molecule has 5 nitrogen and oxygen atoms in total. The molecule has 1 aliphatic carbocycles. The van der Waals surface area contributed by atoms with E-state index in [4.69, 9.17) is 0 Å². The van der Waals surface area contributed by atoms with Gasteiger partial charge < -0.3 is 5.32 Å². The molecule has 3 fully saturated rings. The van der Waals surface area contributed by atoms with Gasteiger partial charge in [0, 0.05) is 17.5 Å². The van der Waals surface area contributed by atoms with Crippen molar-refractivity contribution in [3.63, 3.8) is 0 Å². The summed E-state index contributed by atoms with van der Waals surface area (Å²) in [7, 11) is 0. The second kappa shape index (κ2) is 6.15. The molecule has 3 atom stereocenters. The van der Waals surface area contributed by atoms with Crippen LogP contribution >= 0.6 is 11.3 Å². The maximum atomic E-state index is 13.1. The third-order valence-electron chi connectivity index (χ3n) is 6.06. The first-order chi connectivity index (χ1) is 11.6. The Labute approximate surface area is 147 Å². The van der Waals surface area contributed by atoms with Crippen molar-refractivity contribution in [1.29, 1.82) is 0 Å². The van der Waals surface area contributed by atoms with Gasteiger partial charge in [-0.3, -0.25) is 9.69 Å². The summed E-state index contributed by atoms with van der Waals surface area (Å²) in [5.74, 6) is 0.218. The smallest absolute Gasteiger partial charge is 0.323 e. The zero-order valence-electron chi connectivity index (χ0n) is 14.2. The molecule has 6 heteroatoms. The third kappa shape index (κ3) is 2.47. The van der Waals surface area contributed by atoms with Crippen LogP contribution in [-0.4, -0.2) is 40.5 Å². The van der Waals surface area contributed by atoms with Crippen LogP contribution in [0, 0.1) is 5.92 Å². The molecule has 1 aromatic rings. The van der Waals surface area contributed by atoms with E-state index < -0.39 is 5.54 Å². The van der Waals surface area contributed by atoms with Gasteiger partial charge in [0.25, 0.3) is 5.91 Å². The summed E-state index contributed by atoms with van der Waals surface area (Å²) >= 11 is 1.76. The Morgan fingerprint density at radius 1 is 1.29 bits per heavy atom. The van der Waals surface area contributed by atoms with Crippen LogP contribution in [0.15, 0.2) is 17.5 Å². The Hall–Kier alpha value is -1.40. The molecular formula is C18H25N3O2S. The number of urea groups is 1. The standard InChI is InChI=1S/C18H25N3O2S/c1-13-6-2-3-9-18(13)16(22)21(17(23)19-18)12-20-10-4-7-14(20)15-8-5-11-24-15/h5,8,11,13-14H,2-4,6-7,9-10,12H2,1H3,(H,19,23)/t13-,14+,18+/m1/s1. The lowest BCUT2D eigenvalue weighted by Crippen LogP contribution is -2.54. The van der Waals surface area contributed by atoms with Gasteiger partial charge >= 0.3 is 6.03 Å². The van der Waals surface area contributed by atoms with Crippen LogP contribution in [0.1, 0.15) is 56.4 Å². The minimum atomic E-state index is -0.645. The lowest BCUT2D eigenvalue weighted by atomic mass is 9.73. The summed E-state index contributed by atoms with van der Waals surface area (Å²) in [6, 6.07) is 4.36. The first kappa shape index (κ1) is 16.1. The van der Waals surface area contributed by atoms with E-state index in [1.807, 2.05) is 0 Å². The third-order valence-corrected chi connectivity index (χ3v) is 7.03. The van der Waals surface area contributed by atoms with E-state index in [-0.39, 0.29) is 17.9 Å². The average molecular weight is 347 g/mol. The van der Waals surface area contributed by atoms with Crippen molar-refractivity contribution >= 4 is 23.3 Å². The Balaban J connectivity index is 1.52. The molecular weight excluding hydrogens is 322 g/mol.